The lowest BCUT2D eigenvalue weighted by Gasteiger charge is -2.06. The molecule has 1 aliphatic carbocycles. The zero-order valence-corrected chi connectivity index (χ0v) is 10.1. The maximum absolute atomic E-state index is 10.6. The van der Waals surface area contributed by atoms with Gasteiger partial charge in [0, 0.05) is 12.5 Å². The molecule has 3 nitrogen and oxygen atoms in total. The lowest BCUT2D eigenvalue weighted by molar-refractivity contribution is -0.108. The van der Waals surface area contributed by atoms with Gasteiger partial charge in [0.05, 0.1) is 6.61 Å². The van der Waals surface area contributed by atoms with Crippen molar-refractivity contribution in [2.45, 2.75) is 19.3 Å². The highest BCUT2D eigenvalue weighted by molar-refractivity contribution is 5.61. The minimum Gasteiger partial charge on any atom is -0.491 e. The normalized spacial score (nSPS) is 22.2. The summed E-state index contributed by atoms with van der Waals surface area (Å²) in [6.45, 7) is 3.88. The number of hydrogen-bond acceptors (Lipinski definition) is 3. The SMILES string of the molecule is CCOCCOc1ccc(C2CC2C=O)cc1. The van der Waals surface area contributed by atoms with E-state index in [0.29, 0.717) is 19.1 Å². The van der Waals surface area contributed by atoms with Crippen molar-refractivity contribution in [1.82, 2.24) is 0 Å². The summed E-state index contributed by atoms with van der Waals surface area (Å²) in [7, 11) is 0. The summed E-state index contributed by atoms with van der Waals surface area (Å²) in [5.41, 5.74) is 1.24. The van der Waals surface area contributed by atoms with Crippen molar-refractivity contribution in [2.75, 3.05) is 19.8 Å². The minimum atomic E-state index is 0.236. The molecule has 0 aromatic heterocycles. The smallest absolute Gasteiger partial charge is 0.123 e. The summed E-state index contributed by atoms with van der Waals surface area (Å²) in [4.78, 5) is 10.6. The lowest BCUT2D eigenvalue weighted by atomic mass is 10.1. The fourth-order valence-corrected chi connectivity index (χ4v) is 1.92. The highest BCUT2D eigenvalue weighted by Crippen LogP contribution is 2.46. The largest absolute Gasteiger partial charge is 0.491 e. The molecule has 2 rings (SSSR count). The van der Waals surface area contributed by atoms with Crippen LogP contribution in [0.2, 0.25) is 0 Å². The molecule has 0 bridgehead atoms. The van der Waals surface area contributed by atoms with E-state index in [-0.39, 0.29) is 5.92 Å². The van der Waals surface area contributed by atoms with E-state index >= 15 is 0 Å². The van der Waals surface area contributed by atoms with Crippen LogP contribution in [-0.2, 0) is 9.53 Å². The number of carbonyl (C=O) groups excluding carboxylic acids is 1. The Kier molecular flexibility index (Phi) is 4.15. The standard InChI is InChI=1S/C14H18O3/c1-2-16-7-8-17-13-5-3-11(4-6-13)14-9-12(14)10-15/h3-6,10,12,14H,2,7-9H2,1H3. The maximum atomic E-state index is 10.6. The van der Waals surface area contributed by atoms with Gasteiger partial charge in [-0.15, -0.1) is 0 Å². The zero-order valence-electron chi connectivity index (χ0n) is 10.1. The van der Waals surface area contributed by atoms with Crippen molar-refractivity contribution in [2.24, 2.45) is 5.92 Å². The van der Waals surface area contributed by atoms with Crippen LogP contribution in [0, 0.1) is 5.92 Å². The van der Waals surface area contributed by atoms with E-state index in [9.17, 15) is 4.79 Å². The third-order valence-corrected chi connectivity index (χ3v) is 3.02. The summed E-state index contributed by atoms with van der Waals surface area (Å²) in [6, 6.07) is 8.01. The van der Waals surface area contributed by atoms with Gasteiger partial charge >= 0.3 is 0 Å². The first-order valence-electron chi connectivity index (χ1n) is 6.11. The van der Waals surface area contributed by atoms with E-state index in [1.807, 2.05) is 31.2 Å². The van der Waals surface area contributed by atoms with E-state index < -0.39 is 0 Å². The number of ether oxygens (including phenoxy) is 2. The topological polar surface area (TPSA) is 35.5 Å². The first-order chi connectivity index (χ1) is 8.35. The van der Waals surface area contributed by atoms with E-state index in [1.54, 1.807) is 0 Å². The van der Waals surface area contributed by atoms with Gasteiger partial charge in [-0.05, 0) is 37.0 Å². The molecule has 0 saturated heterocycles. The van der Waals surface area contributed by atoms with Gasteiger partial charge in [0.1, 0.15) is 18.6 Å². The van der Waals surface area contributed by atoms with Crippen LogP contribution >= 0.6 is 0 Å². The van der Waals surface area contributed by atoms with Crippen LogP contribution in [0.3, 0.4) is 0 Å². The number of hydrogen-bond donors (Lipinski definition) is 0. The molecule has 2 atom stereocenters. The average Bonchev–Trinajstić information content (AvgIpc) is 3.15. The zero-order chi connectivity index (χ0) is 12.1. The predicted octanol–water partition coefficient (Wildman–Crippen LogP) is 2.40. The van der Waals surface area contributed by atoms with Crippen LogP contribution in [0.1, 0.15) is 24.8 Å². The Morgan fingerprint density at radius 1 is 1.29 bits per heavy atom. The van der Waals surface area contributed by atoms with E-state index in [0.717, 1.165) is 25.1 Å². The van der Waals surface area contributed by atoms with Gasteiger partial charge in [0.2, 0.25) is 0 Å². The molecular formula is C14H18O3. The summed E-state index contributed by atoms with van der Waals surface area (Å²) < 4.78 is 10.7. The van der Waals surface area contributed by atoms with Crippen molar-refractivity contribution in [3.63, 3.8) is 0 Å². The van der Waals surface area contributed by atoms with Crippen LogP contribution in [0.15, 0.2) is 24.3 Å². The van der Waals surface area contributed by atoms with E-state index in [4.69, 9.17) is 9.47 Å². The van der Waals surface area contributed by atoms with Gasteiger partial charge in [-0.2, -0.15) is 0 Å². The fraction of sp³-hybridized carbons (Fsp3) is 0.500. The van der Waals surface area contributed by atoms with Crippen LogP contribution in [0.25, 0.3) is 0 Å². The third kappa shape index (κ3) is 3.30. The van der Waals surface area contributed by atoms with Crippen molar-refractivity contribution in [3.05, 3.63) is 29.8 Å². The van der Waals surface area contributed by atoms with Gasteiger partial charge < -0.3 is 14.3 Å². The van der Waals surface area contributed by atoms with Gasteiger partial charge in [0.15, 0.2) is 0 Å². The van der Waals surface area contributed by atoms with Crippen LogP contribution in [-0.4, -0.2) is 26.1 Å². The average molecular weight is 234 g/mol. The first-order valence-corrected chi connectivity index (χ1v) is 6.11. The van der Waals surface area contributed by atoms with Gasteiger partial charge in [0.25, 0.3) is 0 Å². The molecule has 0 spiro atoms. The summed E-state index contributed by atoms with van der Waals surface area (Å²) in [5.74, 6) is 1.53. The molecular weight excluding hydrogens is 216 g/mol. The highest BCUT2D eigenvalue weighted by atomic mass is 16.5. The second-order valence-corrected chi connectivity index (χ2v) is 4.26. The third-order valence-electron chi connectivity index (χ3n) is 3.02. The van der Waals surface area contributed by atoms with E-state index in [2.05, 4.69) is 0 Å². The number of rotatable bonds is 7. The van der Waals surface area contributed by atoms with Crippen LogP contribution < -0.4 is 4.74 Å². The molecule has 17 heavy (non-hydrogen) atoms. The molecule has 1 aromatic carbocycles. The molecule has 1 fully saturated rings. The molecule has 0 N–H and O–H groups in total. The second kappa shape index (κ2) is 5.82. The van der Waals surface area contributed by atoms with E-state index in [1.165, 1.54) is 5.56 Å². The van der Waals surface area contributed by atoms with Gasteiger partial charge in [-0.25, -0.2) is 0 Å². The van der Waals surface area contributed by atoms with Crippen molar-refractivity contribution in [3.8, 4) is 5.75 Å². The monoisotopic (exact) mass is 234 g/mol. The summed E-state index contributed by atoms with van der Waals surface area (Å²) in [6.07, 6.45) is 2.05. The van der Waals surface area contributed by atoms with Gasteiger partial charge in [-0.1, -0.05) is 12.1 Å². The Hall–Kier alpha value is -1.35. The molecule has 0 amide bonds. The lowest BCUT2D eigenvalue weighted by Crippen LogP contribution is -2.06. The quantitative estimate of drug-likeness (QED) is 0.537. The molecule has 0 aliphatic heterocycles. The molecule has 1 aliphatic rings. The van der Waals surface area contributed by atoms with Crippen molar-refractivity contribution in [1.29, 1.82) is 0 Å². The Bertz CT molecular complexity index is 358. The van der Waals surface area contributed by atoms with Crippen LogP contribution in [0.4, 0.5) is 0 Å². The highest BCUT2D eigenvalue weighted by Gasteiger charge is 2.37. The molecule has 1 saturated carbocycles. The molecule has 3 heteroatoms. The molecule has 92 valence electrons. The predicted molar refractivity (Wildman–Crippen MR) is 65.3 cm³/mol. The summed E-state index contributed by atoms with van der Waals surface area (Å²) >= 11 is 0. The molecule has 0 heterocycles. The fourth-order valence-electron chi connectivity index (χ4n) is 1.92. The minimum absolute atomic E-state index is 0.236. The Balaban J connectivity index is 1.79. The van der Waals surface area contributed by atoms with Crippen molar-refractivity contribution >= 4 is 6.29 Å². The Morgan fingerprint density at radius 2 is 2.06 bits per heavy atom. The van der Waals surface area contributed by atoms with Gasteiger partial charge in [-0.3, -0.25) is 0 Å². The summed E-state index contributed by atoms with van der Waals surface area (Å²) in [5, 5.41) is 0. The first kappa shape index (κ1) is 12.1. The maximum Gasteiger partial charge on any atom is 0.123 e. The van der Waals surface area contributed by atoms with Crippen LogP contribution in [0.5, 0.6) is 5.75 Å². The molecule has 0 radical (unpaired) electrons. The van der Waals surface area contributed by atoms with Crippen molar-refractivity contribution < 1.29 is 14.3 Å². The second-order valence-electron chi connectivity index (χ2n) is 4.26. The molecule has 1 aromatic rings. The number of benzene rings is 1. The molecule has 2 unspecified atom stereocenters. The number of carbonyl (C=O) groups is 1. The number of aldehydes is 1. The Labute approximate surface area is 102 Å². The Morgan fingerprint density at radius 3 is 2.65 bits per heavy atom.